The predicted molar refractivity (Wildman–Crippen MR) is 228 cm³/mol. The third-order valence-corrected chi connectivity index (χ3v) is 14.6. The van der Waals surface area contributed by atoms with Crippen LogP contribution in [0.5, 0.6) is 5.75 Å². The second kappa shape index (κ2) is 17.2. The minimum absolute atomic E-state index is 0.000476. The normalized spacial score (nSPS) is 14.3. The summed E-state index contributed by atoms with van der Waals surface area (Å²) in [5.41, 5.74) is -1.90. The maximum atomic E-state index is 12.9. The summed E-state index contributed by atoms with van der Waals surface area (Å²) in [4.78, 5) is 11.7. The summed E-state index contributed by atoms with van der Waals surface area (Å²) in [6.07, 6.45) is 0. The summed E-state index contributed by atoms with van der Waals surface area (Å²) in [5.74, 6) is -3.79. The fourth-order valence-corrected chi connectivity index (χ4v) is 11.0. The quantitative estimate of drug-likeness (QED) is 0.0598. The summed E-state index contributed by atoms with van der Waals surface area (Å²) in [6, 6.07) is 15.8. The van der Waals surface area contributed by atoms with E-state index in [1.165, 1.54) is 42.5 Å². The van der Waals surface area contributed by atoms with E-state index in [1.54, 1.807) is 11.0 Å². The van der Waals surface area contributed by atoms with E-state index in [0.29, 0.717) is 11.5 Å². The van der Waals surface area contributed by atoms with Gasteiger partial charge in [-0.2, -0.15) is 48.6 Å². The minimum atomic E-state index is -5.37. The van der Waals surface area contributed by atoms with E-state index in [-0.39, 0.29) is 54.2 Å². The van der Waals surface area contributed by atoms with E-state index in [1.807, 2.05) is 0 Å². The molecule has 2 heterocycles. The van der Waals surface area contributed by atoms with Crippen molar-refractivity contribution in [3.05, 3.63) is 78.9 Å². The molecule has 1 aliphatic rings. The highest BCUT2D eigenvalue weighted by atomic mass is 32.2. The molecule has 338 valence electrons. The molecule has 29 heteroatoms. The maximum absolute atomic E-state index is 12.9. The number of sulfone groups is 1. The highest BCUT2D eigenvalue weighted by Gasteiger charge is 2.28. The fourth-order valence-electron chi connectivity index (χ4n) is 6.42. The second-order valence-corrected chi connectivity index (χ2v) is 21.5. The van der Waals surface area contributed by atoms with E-state index in [4.69, 9.17) is 9.29 Å². The largest absolute Gasteiger partial charge is 0.505 e. The Morgan fingerprint density at radius 1 is 0.656 bits per heavy atom. The van der Waals surface area contributed by atoms with E-state index in [2.05, 4.69) is 35.8 Å². The molecule has 6 aromatic rings. The number of phenols is 1. The summed E-state index contributed by atoms with van der Waals surface area (Å²) in [6.45, 7) is 1.01. The standard InChI is InChI=1S/C35H32N8O16S5/c44-31-29-21(17-28(63(53,54)55)30(31)42-41-26-9-8-20-4-1-2-7-25(20)32(26)64(56,57)58)16-24(62(50,51)52)19-27(29)37-34-38-33(39-35(40-34)43-10-12-59-13-11-43)36-22-5-3-6-23(18-22)60(45,46)14-15-61(47,48)49/h1-9,16-19,44H,10-15H2,(H,47,48,49)(H,50,51,52)(H,53,54,55)(H,56,57,58)(H2,36,37,38,39,40). The number of benzene rings is 5. The fraction of sp³-hybridized carbons (Fsp3) is 0.171. The Kier molecular flexibility index (Phi) is 12.3. The Labute approximate surface area is 363 Å². The lowest BCUT2D eigenvalue weighted by atomic mass is 10.1. The molecule has 0 aliphatic carbocycles. The third-order valence-electron chi connectivity index (χ3n) is 9.30. The molecule has 0 saturated carbocycles. The molecule has 0 spiro atoms. The maximum Gasteiger partial charge on any atom is 0.297 e. The zero-order chi connectivity index (χ0) is 46.4. The van der Waals surface area contributed by atoms with Crippen LogP contribution in [0.25, 0.3) is 21.5 Å². The van der Waals surface area contributed by atoms with Gasteiger partial charge in [0.2, 0.25) is 17.8 Å². The number of morpholine rings is 1. The Morgan fingerprint density at radius 3 is 2.00 bits per heavy atom. The van der Waals surface area contributed by atoms with Crippen molar-refractivity contribution in [1.29, 1.82) is 0 Å². The number of anilines is 5. The van der Waals surface area contributed by atoms with Crippen LogP contribution in [0.15, 0.2) is 109 Å². The van der Waals surface area contributed by atoms with Gasteiger partial charge in [0.25, 0.3) is 40.5 Å². The van der Waals surface area contributed by atoms with Crippen LogP contribution in [0.2, 0.25) is 0 Å². The lowest BCUT2D eigenvalue weighted by Crippen LogP contribution is -2.37. The molecular formula is C35H32N8O16S5. The van der Waals surface area contributed by atoms with E-state index >= 15 is 0 Å². The number of azo groups is 1. The highest BCUT2D eigenvalue weighted by molar-refractivity contribution is 7.93. The summed E-state index contributed by atoms with van der Waals surface area (Å²) < 4.78 is 169. The predicted octanol–water partition coefficient (Wildman–Crippen LogP) is 4.02. The van der Waals surface area contributed by atoms with Crippen LogP contribution < -0.4 is 15.5 Å². The number of hydrogen-bond acceptors (Lipinski definition) is 20. The van der Waals surface area contributed by atoms with Crippen LogP contribution >= 0.6 is 0 Å². The average molecular weight is 981 g/mol. The molecule has 0 amide bonds. The van der Waals surface area contributed by atoms with Gasteiger partial charge in [0.05, 0.1) is 40.2 Å². The van der Waals surface area contributed by atoms with E-state index < -0.39 is 116 Å². The molecule has 0 radical (unpaired) electrons. The number of phenolic OH excluding ortho intramolecular Hbond substituents is 1. The SMILES string of the molecule is O=S(=O)(O)CCS(=O)(=O)c1cccc(Nc2nc(Nc3cc(S(=O)(=O)O)cc4cc(S(=O)(=O)O)c(N=Nc5ccc6ccccc6c5S(=O)(=O)O)c(O)c34)nc(N3CCOCC3)n2)c1. The Morgan fingerprint density at radius 2 is 1.34 bits per heavy atom. The number of aromatic hydroxyl groups is 1. The summed E-state index contributed by atoms with van der Waals surface area (Å²) >= 11 is 0. The van der Waals surface area contributed by atoms with Crippen molar-refractivity contribution in [3.63, 3.8) is 0 Å². The monoisotopic (exact) mass is 980 g/mol. The van der Waals surface area contributed by atoms with Crippen molar-refractivity contribution in [2.75, 3.05) is 53.3 Å². The van der Waals surface area contributed by atoms with E-state index in [9.17, 15) is 60.9 Å². The minimum Gasteiger partial charge on any atom is -0.505 e. The van der Waals surface area contributed by atoms with Gasteiger partial charge in [-0.1, -0.05) is 36.4 Å². The first-order valence-corrected chi connectivity index (χ1v) is 25.6. The molecule has 24 nitrogen and oxygen atoms in total. The second-order valence-electron chi connectivity index (χ2n) is 13.7. The average Bonchev–Trinajstić information content (AvgIpc) is 3.21. The lowest BCUT2D eigenvalue weighted by Gasteiger charge is -2.27. The zero-order valence-corrected chi connectivity index (χ0v) is 36.3. The molecule has 7 rings (SSSR count). The van der Waals surface area contributed by atoms with Crippen molar-refractivity contribution >= 4 is 112 Å². The highest BCUT2D eigenvalue weighted by Crippen LogP contribution is 2.46. The smallest absolute Gasteiger partial charge is 0.297 e. The van der Waals surface area contributed by atoms with Gasteiger partial charge in [-0.25, -0.2) is 8.42 Å². The van der Waals surface area contributed by atoms with Crippen molar-refractivity contribution in [2.45, 2.75) is 19.6 Å². The van der Waals surface area contributed by atoms with Gasteiger partial charge < -0.3 is 25.4 Å². The Hall–Kier alpha value is -6.02. The van der Waals surface area contributed by atoms with Gasteiger partial charge in [-0.15, -0.1) is 10.2 Å². The number of aromatic nitrogens is 3. The van der Waals surface area contributed by atoms with Gasteiger partial charge in [-0.3, -0.25) is 18.2 Å². The van der Waals surface area contributed by atoms with E-state index in [0.717, 1.165) is 24.3 Å². The molecule has 5 aromatic carbocycles. The zero-order valence-electron chi connectivity index (χ0n) is 32.2. The van der Waals surface area contributed by atoms with Gasteiger partial charge in [-0.05, 0) is 53.2 Å². The molecule has 0 bridgehead atoms. The first-order chi connectivity index (χ1) is 29.9. The van der Waals surface area contributed by atoms with Gasteiger partial charge in [0, 0.05) is 29.5 Å². The number of fused-ring (bicyclic) bond motifs is 2. The van der Waals surface area contributed by atoms with Gasteiger partial charge in [0.15, 0.2) is 15.6 Å². The third kappa shape index (κ3) is 10.3. The lowest BCUT2D eigenvalue weighted by molar-refractivity contribution is 0.122. The molecule has 0 unspecified atom stereocenters. The molecular weight excluding hydrogens is 949 g/mol. The van der Waals surface area contributed by atoms with Crippen molar-refractivity contribution < 1.29 is 70.1 Å². The summed E-state index contributed by atoms with van der Waals surface area (Å²) in [7, 11) is -24.4. The van der Waals surface area contributed by atoms with Crippen LogP contribution in [-0.4, -0.2) is 118 Å². The molecule has 1 fully saturated rings. The number of rotatable bonds is 14. The van der Waals surface area contributed by atoms with Crippen LogP contribution in [0, 0.1) is 0 Å². The molecule has 7 N–H and O–H groups in total. The summed E-state index contributed by atoms with van der Waals surface area (Å²) in [5, 5.41) is 24.4. The van der Waals surface area contributed by atoms with Crippen molar-refractivity contribution in [1.82, 2.24) is 15.0 Å². The molecule has 0 atom stereocenters. The Balaban J connectivity index is 1.38. The molecule has 1 saturated heterocycles. The number of nitrogens with one attached hydrogen (secondary N) is 2. The molecule has 1 aliphatic heterocycles. The topological polar surface area (TPSA) is 372 Å². The number of ether oxygens (including phenoxy) is 1. The van der Waals surface area contributed by atoms with Crippen LogP contribution in [0.1, 0.15) is 0 Å². The Bertz CT molecular complexity index is 3480. The molecule has 1 aromatic heterocycles. The number of hydrogen-bond donors (Lipinski definition) is 7. The van der Waals surface area contributed by atoms with Gasteiger partial charge in [0.1, 0.15) is 21.2 Å². The molecule has 64 heavy (non-hydrogen) atoms. The van der Waals surface area contributed by atoms with Crippen molar-refractivity contribution in [2.24, 2.45) is 10.2 Å². The first kappa shape index (κ1) is 46.0. The van der Waals surface area contributed by atoms with Crippen LogP contribution in [0.3, 0.4) is 0 Å². The van der Waals surface area contributed by atoms with Crippen LogP contribution in [-0.2, 0) is 55.0 Å². The number of nitrogens with zero attached hydrogens (tertiary/aromatic N) is 6. The first-order valence-electron chi connectivity index (χ1n) is 18.0. The van der Waals surface area contributed by atoms with Crippen molar-refractivity contribution in [3.8, 4) is 5.75 Å². The van der Waals surface area contributed by atoms with Gasteiger partial charge >= 0.3 is 0 Å². The van der Waals surface area contributed by atoms with Crippen LogP contribution in [0.4, 0.5) is 40.6 Å².